The molecule has 0 radical (unpaired) electrons. The minimum Gasteiger partial charge on any atom is -0.382 e. The molecule has 1 heterocycles. The highest BCUT2D eigenvalue weighted by Gasteiger charge is 2.21. The Morgan fingerprint density at radius 3 is 2.38 bits per heavy atom. The Labute approximate surface area is 122 Å². The summed E-state index contributed by atoms with van der Waals surface area (Å²) in [6.45, 7) is 2.92. The van der Waals surface area contributed by atoms with E-state index in [4.69, 9.17) is 9.47 Å². The zero-order valence-corrected chi connectivity index (χ0v) is 12.1. The van der Waals surface area contributed by atoms with E-state index in [9.17, 15) is 13.2 Å². The Bertz CT molecular complexity index is 462. The van der Waals surface area contributed by atoms with E-state index >= 15 is 0 Å². The summed E-state index contributed by atoms with van der Waals surface area (Å²) in [5.74, 6) is -2.86. The molecule has 1 aliphatic heterocycles. The van der Waals surface area contributed by atoms with Gasteiger partial charge in [0, 0.05) is 38.4 Å². The van der Waals surface area contributed by atoms with Crippen LogP contribution >= 0.6 is 0 Å². The van der Waals surface area contributed by atoms with E-state index in [2.05, 4.69) is 0 Å². The van der Waals surface area contributed by atoms with Crippen LogP contribution < -0.4 is 0 Å². The van der Waals surface area contributed by atoms with E-state index in [1.165, 1.54) is 0 Å². The molecule has 118 valence electrons. The van der Waals surface area contributed by atoms with E-state index < -0.39 is 17.5 Å². The topological polar surface area (TPSA) is 21.7 Å². The summed E-state index contributed by atoms with van der Waals surface area (Å²) in [4.78, 5) is 2.02. The molecule has 0 saturated carbocycles. The second-order valence-corrected chi connectivity index (χ2v) is 5.20. The molecule has 0 bridgehead atoms. The van der Waals surface area contributed by atoms with Gasteiger partial charge in [0.1, 0.15) is 5.82 Å². The van der Waals surface area contributed by atoms with Gasteiger partial charge in [0.05, 0.1) is 19.3 Å². The van der Waals surface area contributed by atoms with Crippen molar-refractivity contribution < 1.29 is 22.6 Å². The van der Waals surface area contributed by atoms with Crippen molar-refractivity contribution in [1.29, 1.82) is 0 Å². The second kappa shape index (κ2) is 7.77. The van der Waals surface area contributed by atoms with Gasteiger partial charge in [-0.3, -0.25) is 4.90 Å². The minimum absolute atomic E-state index is 0.186. The molecule has 1 fully saturated rings. The Kier molecular flexibility index (Phi) is 6.02. The van der Waals surface area contributed by atoms with Crippen LogP contribution in [0.2, 0.25) is 0 Å². The molecule has 1 aliphatic rings. The van der Waals surface area contributed by atoms with Gasteiger partial charge in [-0.05, 0) is 18.9 Å². The lowest BCUT2D eigenvalue weighted by Crippen LogP contribution is -2.37. The maximum atomic E-state index is 13.6. The third kappa shape index (κ3) is 4.69. The van der Waals surface area contributed by atoms with Crippen molar-refractivity contribution in [2.75, 3.05) is 33.4 Å². The zero-order valence-electron chi connectivity index (χ0n) is 12.1. The van der Waals surface area contributed by atoms with Crippen LogP contribution in [0.1, 0.15) is 18.4 Å². The standard InChI is InChI=1S/C15H20F3NO2/c1-20-6-7-21-12-2-4-19(5-3-12)10-11-8-14(17)15(18)9-13(11)16/h8-9,12H,2-7,10H2,1H3. The number of halogens is 3. The SMILES string of the molecule is COCCOC1CCN(Cc2cc(F)c(F)cc2F)CC1. The van der Waals surface area contributed by atoms with Gasteiger partial charge in [-0.25, -0.2) is 13.2 Å². The lowest BCUT2D eigenvalue weighted by molar-refractivity contribution is -0.0159. The first-order valence-electron chi connectivity index (χ1n) is 7.06. The summed E-state index contributed by atoms with van der Waals surface area (Å²) in [7, 11) is 1.63. The first kappa shape index (κ1) is 16.3. The molecule has 0 unspecified atom stereocenters. The Balaban J connectivity index is 1.82. The molecule has 1 saturated heterocycles. The Morgan fingerprint density at radius 1 is 1.05 bits per heavy atom. The normalized spacial score (nSPS) is 17.3. The minimum atomic E-state index is -1.15. The van der Waals surface area contributed by atoms with Crippen LogP contribution in [0.25, 0.3) is 0 Å². The molecule has 0 spiro atoms. The van der Waals surface area contributed by atoms with Crippen molar-refractivity contribution in [2.24, 2.45) is 0 Å². The number of nitrogens with zero attached hydrogens (tertiary/aromatic N) is 1. The van der Waals surface area contributed by atoms with Gasteiger partial charge in [0.2, 0.25) is 0 Å². The van der Waals surface area contributed by atoms with Crippen LogP contribution in [0.4, 0.5) is 13.2 Å². The third-order valence-corrected chi connectivity index (χ3v) is 3.66. The van der Waals surface area contributed by atoms with Crippen LogP contribution in [0.15, 0.2) is 12.1 Å². The van der Waals surface area contributed by atoms with E-state index in [1.54, 1.807) is 7.11 Å². The fourth-order valence-electron chi connectivity index (χ4n) is 2.46. The summed E-state index contributed by atoms with van der Waals surface area (Å²) >= 11 is 0. The van der Waals surface area contributed by atoms with Crippen LogP contribution in [-0.4, -0.2) is 44.4 Å². The predicted molar refractivity (Wildman–Crippen MR) is 72.4 cm³/mol. The van der Waals surface area contributed by atoms with Crippen molar-refractivity contribution in [3.8, 4) is 0 Å². The van der Waals surface area contributed by atoms with Crippen molar-refractivity contribution in [3.63, 3.8) is 0 Å². The zero-order chi connectivity index (χ0) is 15.2. The maximum absolute atomic E-state index is 13.6. The number of benzene rings is 1. The molecule has 0 amide bonds. The number of methoxy groups -OCH3 is 1. The fraction of sp³-hybridized carbons (Fsp3) is 0.600. The largest absolute Gasteiger partial charge is 0.382 e. The van der Waals surface area contributed by atoms with Crippen LogP contribution in [-0.2, 0) is 16.0 Å². The Hall–Kier alpha value is -1.11. The first-order chi connectivity index (χ1) is 10.1. The summed E-state index contributed by atoms with van der Waals surface area (Å²) in [5, 5.41) is 0. The molecule has 0 atom stereocenters. The highest BCUT2D eigenvalue weighted by atomic mass is 19.2. The molecular weight excluding hydrogens is 283 g/mol. The van der Waals surface area contributed by atoms with Crippen molar-refractivity contribution >= 4 is 0 Å². The molecule has 0 aromatic heterocycles. The molecule has 1 aromatic rings. The number of hydrogen-bond donors (Lipinski definition) is 0. The summed E-state index contributed by atoms with van der Waals surface area (Å²) in [6, 6.07) is 1.54. The van der Waals surface area contributed by atoms with Gasteiger partial charge >= 0.3 is 0 Å². The van der Waals surface area contributed by atoms with Crippen molar-refractivity contribution in [1.82, 2.24) is 4.90 Å². The van der Waals surface area contributed by atoms with Crippen molar-refractivity contribution in [2.45, 2.75) is 25.5 Å². The lowest BCUT2D eigenvalue weighted by Gasteiger charge is -2.32. The third-order valence-electron chi connectivity index (χ3n) is 3.66. The number of likely N-dealkylation sites (tertiary alicyclic amines) is 1. The number of ether oxygens (including phenoxy) is 2. The number of piperidine rings is 1. The Morgan fingerprint density at radius 2 is 1.71 bits per heavy atom. The maximum Gasteiger partial charge on any atom is 0.161 e. The van der Waals surface area contributed by atoms with Gasteiger partial charge in [-0.2, -0.15) is 0 Å². The van der Waals surface area contributed by atoms with Gasteiger partial charge < -0.3 is 9.47 Å². The molecule has 3 nitrogen and oxygen atoms in total. The van der Waals surface area contributed by atoms with E-state index in [-0.39, 0.29) is 18.2 Å². The molecule has 0 N–H and O–H groups in total. The average molecular weight is 303 g/mol. The van der Waals surface area contributed by atoms with E-state index in [0.29, 0.717) is 19.3 Å². The average Bonchev–Trinajstić information content (AvgIpc) is 2.47. The fourth-order valence-corrected chi connectivity index (χ4v) is 2.46. The summed E-state index contributed by atoms with van der Waals surface area (Å²) in [6.07, 6.45) is 1.87. The molecular formula is C15H20F3NO2. The summed E-state index contributed by atoms with van der Waals surface area (Å²) < 4.78 is 50.2. The first-order valence-corrected chi connectivity index (χ1v) is 7.06. The van der Waals surface area contributed by atoms with Crippen LogP contribution in [0, 0.1) is 17.5 Å². The monoisotopic (exact) mass is 303 g/mol. The van der Waals surface area contributed by atoms with Gasteiger partial charge in [0.15, 0.2) is 11.6 Å². The quantitative estimate of drug-likeness (QED) is 0.596. The smallest absolute Gasteiger partial charge is 0.161 e. The molecule has 6 heteroatoms. The molecule has 0 aliphatic carbocycles. The van der Waals surface area contributed by atoms with Crippen molar-refractivity contribution in [3.05, 3.63) is 35.1 Å². The van der Waals surface area contributed by atoms with E-state index in [1.807, 2.05) is 4.90 Å². The van der Waals surface area contributed by atoms with Gasteiger partial charge in [-0.15, -0.1) is 0 Å². The van der Waals surface area contributed by atoms with Crippen LogP contribution in [0.3, 0.4) is 0 Å². The molecule has 2 rings (SSSR count). The lowest BCUT2D eigenvalue weighted by atomic mass is 10.1. The van der Waals surface area contributed by atoms with Crippen LogP contribution in [0.5, 0.6) is 0 Å². The number of rotatable bonds is 6. The van der Waals surface area contributed by atoms with Gasteiger partial charge in [-0.1, -0.05) is 0 Å². The molecule has 21 heavy (non-hydrogen) atoms. The molecule has 1 aromatic carbocycles. The predicted octanol–water partition coefficient (Wildman–Crippen LogP) is 2.73. The highest BCUT2D eigenvalue weighted by molar-refractivity contribution is 5.20. The van der Waals surface area contributed by atoms with E-state index in [0.717, 1.165) is 32.0 Å². The second-order valence-electron chi connectivity index (χ2n) is 5.20. The van der Waals surface area contributed by atoms with Gasteiger partial charge in [0.25, 0.3) is 0 Å². The number of hydrogen-bond acceptors (Lipinski definition) is 3. The summed E-state index contributed by atoms with van der Waals surface area (Å²) in [5.41, 5.74) is 0.188. The highest BCUT2D eigenvalue weighted by Crippen LogP contribution is 2.19.